The van der Waals surface area contributed by atoms with Gasteiger partial charge in [-0.05, 0) is 72.7 Å². The summed E-state index contributed by atoms with van der Waals surface area (Å²) < 4.78 is 62.6. The summed E-state index contributed by atoms with van der Waals surface area (Å²) in [5.74, 6) is -0.860. The van der Waals surface area contributed by atoms with Crippen LogP contribution in [-0.2, 0) is 17.4 Å². The molecule has 49 heavy (non-hydrogen) atoms. The van der Waals surface area contributed by atoms with E-state index in [4.69, 9.17) is 18.9 Å². The summed E-state index contributed by atoms with van der Waals surface area (Å²) in [4.78, 5) is 40.9. The Kier molecular flexibility index (Phi) is 10.5. The lowest BCUT2D eigenvalue weighted by atomic mass is 9.77. The third kappa shape index (κ3) is 7.06. The molecule has 0 fully saturated rings. The fourth-order valence-electron chi connectivity index (χ4n) is 6.23. The number of carbonyl (C=O) groups excluding carboxylic acids is 3. The molecule has 1 aliphatic heterocycles. The van der Waals surface area contributed by atoms with E-state index < -0.39 is 47.7 Å². The quantitative estimate of drug-likeness (QED) is 0.244. The number of carbonyl (C=O) groups is 3. The normalized spacial score (nSPS) is 19.5. The molecule has 260 valence electrons. The molecule has 2 aliphatic rings. The summed E-state index contributed by atoms with van der Waals surface area (Å²) in [5.41, 5.74) is 0.319. The smallest absolute Gasteiger partial charge is 0.416 e. The van der Waals surface area contributed by atoms with E-state index in [1.165, 1.54) is 44.4 Å². The number of benzene rings is 3. The van der Waals surface area contributed by atoms with Crippen LogP contribution in [0, 0.1) is 0 Å². The highest BCUT2D eigenvalue weighted by atomic mass is 19.4. The van der Waals surface area contributed by atoms with Crippen molar-refractivity contribution in [2.75, 3.05) is 41.0 Å². The fraction of sp³-hybridized carbons (Fsp3) is 0.343. The molecule has 4 atom stereocenters. The van der Waals surface area contributed by atoms with Crippen LogP contribution in [0.15, 0.2) is 66.2 Å². The van der Waals surface area contributed by atoms with Crippen LogP contribution in [0.2, 0.25) is 0 Å². The molecule has 0 aromatic heterocycles. The molecule has 0 saturated carbocycles. The Hall–Kier alpha value is -5.08. The fourth-order valence-corrected chi connectivity index (χ4v) is 6.23. The molecule has 2 amide bonds. The Bertz CT molecular complexity index is 1740. The van der Waals surface area contributed by atoms with Gasteiger partial charge in [-0.2, -0.15) is 13.2 Å². The number of aliphatic hydroxyl groups excluding tert-OH is 2. The standard InChI is InChI=1S/C35H35F3N2O9/c1-46-23-8-9-27(47-2)21(16-23)10-12-40(34(45)20-4-6-22(7-5-20)35(36,37)38)26-17-25(33(44)39-11-13-41)29-24-14-19(18-42)15-28(48-3)31(24)49-32(29)30(26)43/h4-9,14-18,26,29-30,32,41,43H,10-13H2,1-3H3,(H,39,44). The summed E-state index contributed by atoms with van der Waals surface area (Å²) in [6.45, 7) is -0.553. The summed E-state index contributed by atoms with van der Waals surface area (Å²) in [7, 11) is 4.33. The van der Waals surface area contributed by atoms with Gasteiger partial charge in [-0.1, -0.05) is 0 Å². The summed E-state index contributed by atoms with van der Waals surface area (Å²) in [6.07, 6.45) is -5.07. The zero-order chi connectivity index (χ0) is 35.5. The number of aliphatic hydroxyl groups is 2. The van der Waals surface area contributed by atoms with Crippen LogP contribution in [0.4, 0.5) is 13.2 Å². The topological polar surface area (TPSA) is 144 Å². The van der Waals surface area contributed by atoms with Crippen molar-refractivity contribution in [2.24, 2.45) is 0 Å². The van der Waals surface area contributed by atoms with Crippen LogP contribution < -0.4 is 24.3 Å². The summed E-state index contributed by atoms with van der Waals surface area (Å²) in [6, 6.07) is 10.5. The van der Waals surface area contributed by atoms with Gasteiger partial charge in [0.15, 0.2) is 11.5 Å². The molecule has 4 unspecified atom stereocenters. The highest BCUT2D eigenvalue weighted by Crippen LogP contribution is 2.51. The number of aldehydes is 1. The minimum Gasteiger partial charge on any atom is -0.497 e. The van der Waals surface area contributed by atoms with E-state index >= 15 is 0 Å². The van der Waals surface area contributed by atoms with Crippen LogP contribution in [0.1, 0.15) is 43.3 Å². The Morgan fingerprint density at radius 1 is 1.00 bits per heavy atom. The lowest BCUT2D eigenvalue weighted by molar-refractivity contribution is -0.137. The van der Waals surface area contributed by atoms with Crippen molar-refractivity contribution in [3.63, 3.8) is 0 Å². The average molecular weight is 685 g/mol. The Morgan fingerprint density at radius 3 is 2.33 bits per heavy atom. The predicted octanol–water partition coefficient (Wildman–Crippen LogP) is 3.55. The van der Waals surface area contributed by atoms with Crippen molar-refractivity contribution in [1.29, 1.82) is 0 Å². The second kappa shape index (κ2) is 14.6. The number of alkyl halides is 3. The van der Waals surface area contributed by atoms with Crippen LogP contribution in [0.25, 0.3) is 0 Å². The second-order valence-electron chi connectivity index (χ2n) is 11.4. The first kappa shape index (κ1) is 35.2. The third-order valence-electron chi connectivity index (χ3n) is 8.60. The first-order valence-electron chi connectivity index (χ1n) is 15.3. The molecule has 14 heteroatoms. The highest BCUT2D eigenvalue weighted by Gasteiger charge is 2.51. The first-order chi connectivity index (χ1) is 23.4. The largest absolute Gasteiger partial charge is 0.497 e. The van der Waals surface area contributed by atoms with Gasteiger partial charge in [-0.15, -0.1) is 0 Å². The zero-order valence-corrected chi connectivity index (χ0v) is 26.8. The maximum absolute atomic E-state index is 14.2. The molecular weight excluding hydrogens is 649 g/mol. The number of halogens is 3. The van der Waals surface area contributed by atoms with Gasteiger partial charge in [0.2, 0.25) is 5.91 Å². The average Bonchev–Trinajstić information content (AvgIpc) is 3.50. The van der Waals surface area contributed by atoms with Gasteiger partial charge in [0, 0.05) is 35.4 Å². The number of hydrogen-bond acceptors (Lipinski definition) is 9. The van der Waals surface area contributed by atoms with Crippen molar-refractivity contribution in [3.05, 3.63) is 94.1 Å². The number of nitrogens with zero attached hydrogens (tertiary/aromatic N) is 1. The van der Waals surface area contributed by atoms with Crippen molar-refractivity contribution in [3.8, 4) is 23.0 Å². The van der Waals surface area contributed by atoms with Crippen LogP contribution in [0.3, 0.4) is 0 Å². The van der Waals surface area contributed by atoms with E-state index in [1.54, 1.807) is 18.2 Å². The molecule has 0 saturated heterocycles. The Morgan fingerprint density at radius 2 is 1.71 bits per heavy atom. The number of hydrogen-bond donors (Lipinski definition) is 3. The molecule has 3 aromatic rings. The maximum Gasteiger partial charge on any atom is 0.416 e. The van der Waals surface area contributed by atoms with Crippen molar-refractivity contribution < 1.29 is 56.7 Å². The molecule has 0 radical (unpaired) electrons. The molecular formula is C35H35F3N2O9. The third-order valence-corrected chi connectivity index (χ3v) is 8.60. The minimum absolute atomic E-state index is 0.0850. The van der Waals surface area contributed by atoms with Gasteiger partial charge >= 0.3 is 6.18 Å². The molecule has 1 heterocycles. The number of rotatable bonds is 12. The van der Waals surface area contributed by atoms with Crippen molar-refractivity contribution in [1.82, 2.24) is 10.2 Å². The Balaban J connectivity index is 1.62. The van der Waals surface area contributed by atoms with Gasteiger partial charge < -0.3 is 39.4 Å². The van der Waals surface area contributed by atoms with Crippen LogP contribution >= 0.6 is 0 Å². The number of amides is 2. The molecule has 3 N–H and O–H groups in total. The molecule has 1 aliphatic carbocycles. The molecule has 0 spiro atoms. The van der Waals surface area contributed by atoms with Gasteiger partial charge in [0.1, 0.15) is 30.0 Å². The summed E-state index contributed by atoms with van der Waals surface area (Å²) >= 11 is 0. The van der Waals surface area contributed by atoms with Gasteiger partial charge in [0.05, 0.1) is 45.5 Å². The SMILES string of the molecule is COc1ccc(OC)c(CCN(C(=O)c2ccc(C(F)(F)F)cc2)C2C=C(C(=O)NCCO)C3c4cc(C=O)cc(OC)c4OC3C2O)c1. The lowest BCUT2D eigenvalue weighted by Crippen LogP contribution is -2.56. The number of ether oxygens (including phenoxy) is 4. The number of fused-ring (bicyclic) bond motifs is 3. The Labute approximate surface area is 279 Å². The number of nitrogens with one attached hydrogen (secondary N) is 1. The van der Waals surface area contributed by atoms with Crippen LogP contribution in [0.5, 0.6) is 23.0 Å². The van der Waals surface area contributed by atoms with E-state index in [0.717, 1.165) is 24.3 Å². The maximum atomic E-state index is 14.2. The van der Waals surface area contributed by atoms with Crippen molar-refractivity contribution in [2.45, 2.75) is 36.8 Å². The van der Waals surface area contributed by atoms with Crippen LogP contribution in [-0.4, -0.2) is 92.5 Å². The van der Waals surface area contributed by atoms with Gasteiger partial charge in [-0.25, -0.2) is 0 Å². The highest BCUT2D eigenvalue weighted by molar-refractivity contribution is 5.98. The number of methoxy groups -OCH3 is 3. The first-order valence-corrected chi connectivity index (χ1v) is 15.3. The molecule has 5 rings (SSSR count). The van der Waals surface area contributed by atoms with Crippen molar-refractivity contribution >= 4 is 18.1 Å². The van der Waals surface area contributed by atoms with E-state index in [-0.39, 0.29) is 54.3 Å². The monoisotopic (exact) mass is 684 g/mol. The van der Waals surface area contributed by atoms with E-state index in [0.29, 0.717) is 28.9 Å². The van der Waals surface area contributed by atoms with E-state index in [1.807, 2.05) is 0 Å². The molecule has 0 bridgehead atoms. The molecule has 3 aromatic carbocycles. The zero-order valence-electron chi connectivity index (χ0n) is 26.8. The van der Waals surface area contributed by atoms with E-state index in [2.05, 4.69) is 5.32 Å². The minimum atomic E-state index is -4.63. The predicted molar refractivity (Wildman–Crippen MR) is 169 cm³/mol. The summed E-state index contributed by atoms with van der Waals surface area (Å²) in [5, 5.41) is 24.0. The van der Waals surface area contributed by atoms with E-state index in [9.17, 15) is 37.8 Å². The lowest BCUT2D eigenvalue weighted by Gasteiger charge is -2.41. The second-order valence-corrected chi connectivity index (χ2v) is 11.4. The van der Waals surface area contributed by atoms with Gasteiger partial charge in [-0.3, -0.25) is 14.4 Å². The van der Waals surface area contributed by atoms with Gasteiger partial charge in [0.25, 0.3) is 5.91 Å². The molecule has 11 nitrogen and oxygen atoms in total.